The van der Waals surface area contributed by atoms with Gasteiger partial charge in [-0.2, -0.15) is 0 Å². The van der Waals surface area contributed by atoms with E-state index in [1.807, 2.05) is 19.1 Å². The van der Waals surface area contributed by atoms with E-state index in [0.29, 0.717) is 24.0 Å². The average Bonchev–Trinajstić information content (AvgIpc) is 3.17. The molecule has 1 fully saturated rings. The SMILES string of the molecule is C=C(/C=c1/nc(CC)s/c1=C/C)[C@@H]1CC[C@@H](C)CN1C(=O)C(=O)Nc1cnc(N)c(C)c1. The molecule has 1 aliphatic heterocycles. The first-order chi connectivity index (χ1) is 15.2. The minimum Gasteiger partial charge on any atom is -0.383 e. The largest absolute Gasteiger partial charge is 0.383 e. The first kappa shape index (κ1) is 23.7. The van der Waals surface area contributed by atoms with Crippen molar-refractivity contribution in [2.45, 2.75) is 53.0 Å². The van der Waals surface area contributed by atoms with Gasteiger partial charge in [-0.05, 0) is 62.3 Å². The number of thiazole rings is 1. The molecule has 1 aliphatic rings. The summed E-state index contributed by atoms with van der Waals surface area (Å²) < 4.78 is 1.09. The Morgan fingerprint density at radius 2 is 2.16 bits per heavy atom. The zero-order valence-electron chi connectivity index (χ0n) is 19.1. The van der Waals surface area contributed by atoms with Crippen LogP contribution in [-0.2, 0) is 16.0 Å². The Bertz CT molecular complexity index is 1150. The van der Waals surface area contributed by atoms with Gasteiger partial charge < -0.3 is 16.0 Å². The molecule has 0 saturated carbocycles. The Kier molecular flexibility index (Phi) is 7.45. The number of amides is 2. The van der Waals surface area contributed by atoms with E-state index in [4.69, 9.17) is 10.7 Å². The van der Waals surface area contributed by atoms with E-state index < -0.39 is 11.8 Å². The van der Waals surface area contributed by atoms with Crippen LogP contribution in [0, 0.1) is 12.8 Å². The molecule has 170 valence electrons. The molecule has 0 aromatic carbocycles. The molecule has 8 heteroatoms. The summed E-state index contributed by atoms with van der Waals surface area (Å²) in [6, 6.07) is 1.46. The fraction of sp³-hybridized carbons (Fsp3) is 0.417. The summed E-state index contributed by atoms with van der Waals surface area (Å²) in [5.41, 5.74) is 7.71. The second-order valence-electron chi connectivity index (χ2n) is 8.25. The highest BCUT2D eigenvalue weighted by Gasteiger charge is 2.34. The predicted molar refractivity (Wildman–Crippen MR) is 130 cm³/mol. The minimum atomic E-state index is -0.688. The third kappa shape index (κ3) is 5.24. The van der Waals surface area contributed by atoms with Crippen molar-refractivity contribution >= 4 is 46.8 Å². The van der Waals surface area contributed by atoms with E-state index >= 15 is 0 Å². The second kappa shape index (κ2) is 10.1. The van der Waals surface area contributed by atoms with Gasteiger partial charge in [-0.3, -0.25) is 9.59 Å². The molecule has 0 aliphatic carbocycles. The summed E-state index contributed by atoms with van der Waals surface area (Å²) in [7, 11) is 0. The molecule has 0 radical (unpaired) electrons. The van der Waals surface area contributed by atoms with Crippen LogP contribution in [0.15, 0.2) is 24.4 Å². The fourth-order valence-electron chi connectivity index (χ4n) is 3.86. The van der Waals surface area contributed by atoms with E-state index in [-0.39, 0.29) is 6.04 Å². The predicted octanol–water partition coefficient (Wildman–Crippen LogP) is 2.39. The van der Waals surface area contributed by atoms with Crippen molar-refractivity contribution in [1.82, 2.24) is 14.9 Å². The summed E-state index contributed by atoms with van der Waals surface area (Å²) in [5.74, 6) is -0.558. The number of aromatic nitrogens is 2. The summed E-state index contributed by atoms with van der Waals surface area (Å²) in [5, 5.41) is 4.59. The number of nitrogens with two attached hydrogens (primary N) is 1. The number of hydrogen-bond acceptors (Lipinski definition) is 6. The molecule has 2 amide bonds. The molecular formula is C24H31N5O2S. The van der Waals surface area contributed by atoms with Crippen LogP contribution in [-0.4, -0.2) is 39.3 Å². The quantitative estimate of drug-likeness (QED) is 0.693. The van der Waals surface area contributed by atoms with E-state index in [1.54, 1.807) is 29.2 Å². The van der Waals surface area contributed by atoms with Crippen LogP contribution >= 0.6 is 11.3 Å². The Labute approximate surface area is 192 Å². The third-order valence-electron chi connectivity index (χ3n) is 5.69. The van der Waals surface area contributed by atoms with Gasteiger partial charge in [0, 0.05) is 6.54 Å². The number of pyridine rings is 1. The van der Waals surface area contributed by atoms with Gasteiger partial charge in [0.15, 0.2) is 0 Å². The first-order valence-corrected chi connectivity index (χ1v) is 11.7. The Morgan fingerprint density at radius 1 is 1.41 bits per heavy atom. The highest BCUT2D eigenvalue weighted by molar-refractivity contribution is 7.09. The van der Waals surface area contributed by atoms with Gasteiger partial charge in [-0.15, -0.1) is 11.3 Å². The number of anilines is 2. The molecule has 0 unspecified atom stereocenters. The van der Waals surface area contributed by atoms with Gasteiger partial charge in [0.1, 0.15) is 5.82 Å². The van der Waals surface area contributed by atoms with Crippen LogP contribution < -0.4 is 20.9 Å². The van der Waals surface area contributed by atoms with Crippen LogP contribution in [0.2, 0.25) is 0 Å². The lowest BCUT2D eigenvalue weighted by atomic mass is 9.90. The number of carbonyl (C=O) groups excluding carboxylic acids is 2. The lowest BCUT2D eigenvalue weighted by molar-refractivity contribution is -0.145. The second-order valence-corrected chi connectivity index (χ2v) is 9.37. The van der Waals surface area contributed by atoms with Crippen LogP contribution in [0.5, 0.6) is 0 Å². The number of nitrogens with zero attached hydrogens (tertiary/aromatic N) is 3. The number of nitrogen functional groups attached to an aromatic ring is 1. The van der Waals surface area contributed by atoms with Crippen LogP contribution in [0.3, 0.4) is 0 Å². The Morgan fingerprint density at radius 3 is 2.81 bits per heavy atom. The molecule has 3 rings (SSSR count). The maximum Gasteiger partial charge on any atom is 0.313 e. The molecule has 1 saturated heterocycles. The maximum absolute atomic E-state index is 13.1. The number of aryl methyl sites for hydroxylation is 2. The zero-order chi connectivity index (χ0) is 23.4. The molecule has 32 heavy (non-hydrogen) atoms. The van der Waals surface area contributed by atoms with E-state index in [9.17, 15) is 9.59 Å². The van der Waals surface area contributed by atoms with Gasteiger partial charge in [0.25, 0.3) is 0 Å². The summed E-state index contributed by atoms with van der Waals surface area (Å²) in [4.78, 5) is 36.3. The van der Waals surface area contributed by atoms with Gasteiger partial charge >= 0.3 is 11.8 Å². The lowest BCUT2D eigenvalue weighted by Gasteiger charge is -2.38. The van der Waals surface area contributed by atoms with Gasteiger partial charge in [0.2, 0.25) is 0 Å². The van der Waals surface area contributed by atoms with Crippen molar-refractivity contribution in [2.75, 3.05) is 17.6 Å². The van der Waals surface area contributed by atoms with Gasteiger partial charge in [-0.25, -0.2) is 9.97 Å². The monoisotopic (exact) mass is 453 g/mol. The topological polar surface area (TPSA) is 101 Å². The zero-order valence-corrected chi connectivity index (χ0v) is 20.0. The molecule has 0 bridgehead atoms. The molecule has 2 aromatic rings. The molecular weight excluding hydrogens is 422 g/mol. The summed E-state index contributed by atoms with van der Waals surface area (Å²) in [6.07, 6.45) is 8.04. The highest BCUT2D eigenvalue weighted by atomic mass is 32.1. The van der Waals surface area contributed by atoms with Crippen molar-refractivity contribution in [3.8, 4) is 0 Å². The third-order valence-corrected chi connectivity index (χ3v) is 6.97. The van der Waals surface area contributed by atoms with E-state index in [0.717, 1.165) is 45.3 Å². The summed E-state index contributed by atoms with van der Waals surface area (Å²) in [6.45, 7) is 12.7. The molecule has 2 atom stereocenters. The smallest absolute Gasteiger partial charge is 0.313 e. The number of carbonyl (C=O) groups is 2. The van der Waals surface area contributed by atoms with Crippen molar-refractivity contribution < 1.29 is 9.59 Å². The molecule has 3 N–H and O–H groups in total. The fourth-order valence-corrected chi connectivity index (χ4v) is 4.73. The number of rotatable bonds is 4. The molecule has 3 heterocycles. The number of hydrogen-bond donors (Lipinski definition) is 2. The van der Waals surface area contributed by atoms with Crippen molar-refractivity contribution in [3.05, 3.63) is 44.9 Å². The molecule has 0 spiro atoms. The standard InChI is InChI=1S/C24H31N5O2S/c1-6-20-18(28-21(7-2)32-20)11-15(4)19-9-8-14(3)13-29(19)24(31)23(30)27-17-10-16(5)22(25)26-12-17/h6,10-12,14,19H,4,7-9,13H2,1-3,5H3,(H2,25,26)(H,27,30)/b18-11+,20-6+/t14-,19+/m1/s1. The van der Waals surface area contributed by atoms with Crippen LogP contribution in [0.25, 0.3) is 12.2 Å². The Hall–Kier alpha value is -3.00. The van der Waals surface area contributed by atoms with Crippen molar-refractivity contribution in [1.29, 1.82) is 0 Å². The average molecular weight is 454 g/mol. The lowest BCUT2D eigenvalue weighted by Crippen LogP contribution is -2.51. The minimum absolute atomic E-state index is 0.243. The Balaban J connectivity index is 1.84. The van der Waals surface area contributed by atoms with E-state index in [2.05, 4.69) is 30.7 Å². The maximum atomic E-state index is 13.1. The number of likely N-dealkylation sites (tertiary alicyclic amines) is 1. The van der Waals surface area contributed by atoms with Gasteiger partial charge in [0.05, 0.1) is 32.8 Å². The van der Waals surface area contributed by atoms with Crippen LogP contribution in [0.4, 0.5) is 11.5 Å². The van der Waals surface area contributed by atoms with E-state index in [1.165, 1.54) is 6.20 Å². The van der Waals surface area contributed by atoms with Crippen LogP contribution in [0.1, 0.15) is 44.2 Å². The number of piperidine rings is 1. The highest BCUT2D eigenvalue weighted by Crippen LogP contribution is 2.27. The number of nitrogens with one attached hydrogen (secondary N) is 1. The normalized spacial score (nSPS) is 19.8. The molecule has 2 aromatic heterocycles. The first-order valence-electron chi connectivity index (χ1n) is 10.9. The molecule has 7 nitrogen and oxygen atoms in total. The van der Waals surface area contributed by atoms with Crippen molar-refractivity contribution in [2.24, 2.45) is 5.92 Å². The van der Waals surface area contributed by atoms with Crippen molar-refractivity contribution in [3.63, 3.8) is 0 Å². The summed E-state index contributed by atoms with van der Waals surface area (Å²) >= 11 is 1.67. The van der Waals surface area contributed by atoms with Gasteiger partial charge in [-0.1, -0.05) is 26.5 Å².